The van der Waals surface area contributed by atoms with E-state index in [-0.39, 0.29) is 0 Å². The summed E-state index contributed by atoms with van der Waals surface area (Å²) in [5.41, 5.74) is 3.64. The van der Waals surface area contributed by atoms with Crippen molar-refractivity contribution < 1.29 is 9.30 Å². The van der Waals surface area contributed by atoms with Crippen molar-refractivity contribution in [2.45, 2.75) is 4.90 Å². The zero-order chi connectivity index (χ0) is 16.7. The van der Waals surface area contributed by atoms with Crippen LogP contribution in [0.2, 0.25) is 0 Å². The van der Waals surface area contributed by atoms with Crippen LogP contribution >= 0.6 is 11.8 Å². The number of aryl methyl sites for hydroxylation is 1. The Morgan fingerprint density at radius 2 is 1.96 bits per heavy atom. The Morgan fingerprint density at radius 3 is 2.75 bits per heavy atom. The summed E-state index contributed by atoms with van der Waals surface area (Å²) < 4.78 is 7.49. The first-order valence-corrected chi connectivity index (χ1v) is 8.68. The fraction of sp³-hybridized carbons (Fsp3) is 0.150. The van der Waals surface area contributed by atoms with Gasteiger partial charge in [0.1, 0.15) is 12.8 Å². The lowest BCUT2D eigenvalue weighted by molar-refractivity contribution is -0.644. The fourth-order valence-electron chi connectivity index (χ4n) is 3.04. The molecule has 0 bridgehead atoms. The molecule has 0 amide bonds. The molecule has 2 aromatic carbocycles. The van der Waals surface area contributed by atoms with Gasteiger partial charge in [-0.15, -0.1) is 0 Å². The van der Waals surface area contributed by atoms with Crippen molar-refractivity contribution in [1.82, 2.24) is 0 Å². The Morgan fingerprint density at radius 1 is 1.12 bits per heavy atom. The highest BCUT2D eigenvalue weighted by molar-refractivity contribution is 8.03. The van der Waals surface area contributed by atoms with E-state index in [1.54, 1.807) is 7.11 Å². The van der Waals surface area contributed by atoms with Crippen LogP contribution in [0.1, 0.15) is 5.56 Å². The van der Waals surface area contributed by atoms with E-state index in [1.807, 2.05) is 17.8 Å². The maximum Gasteiger partial charge on any atom is 0.216 e. The van der Waals surface area contributed by atoms with E-state index in [0.717, 1.165) is 11.3 Å². The first-order valence-electron chi connectivity index (χ1n) is 7.86. The van der Waals surface area contributed by atoms with Crippen LogP contribution in [0.4, 0.5) is 5.69 Å². The van der Waals surface area contributed by atoms with Gasteiger partial charge in [-0.3, -0.25) is 0 Å². The van der Waals surface area contributed by atoms with Crippen molar-refractivity contribution in [2.75, 3.05) is 19.1 Å². The number of para-hydroxylation sites is 1. The van der Waals surface area contributed by atoms with E-state index in [9.17, 15) is 0 Å². The molecular weight excluding hydrogens is 316 g/mol. The van der Waals surface area contributed by atoms with Gasteiger partial charge >= 0.3 is 0 Å². The number of benzene rings is 2. The maximum atomic E-state index is 5.37. The number of fused-ring (bicyclic) bond motifs is 2. The topological polar surface area (TPSA) is 16.4 Å². The lowest BCUT2D eigenvalue weighted by Crippen LogP contribution is -2.28. The highest BCUT2D eigenvalue weighted by Gasteiger charge is 2.21. The van der Waals surface area contributed by atoms with E-state index in [0.29, 0.717) is 0 Å². The third-order valence-corrected chi connectivity index (χ3v) is 5.59. The average molecular weight is 335 g/mol. The molecule has 24 heavy (non-hydrogen) atoms. The van der Waals surface area contributed by atoms with Crippen LogP contribution in [0, 0.1) is 0 Å². The molecule has 1 aromatic heterocycles. The number of pyridine rings is 1. The molecule has 2 heterocycles. The van der Waals surface area contributed by atoms with Gasteiger partial charge in [-0.05, 0) is 35.9 Å². The molecule has 1 aliphatic heterocycles. The minimum absolute atomic E-state index is 0.877. The molecule has 3 aromatic rings. The predicted molar refractivity (Wildman–Crippen MR) is 100 cm³/mol. The third-order valence-electron chi connectivity index (χ3n) is 4.42. The van der Waals surface area contributed by atoms with Gasteiger partial charge in [0.2, 0.25) is 5.52 Å². The molecule has 4 heteroatoms. The number of hydrogen-bond acceptors (Lipinski definition) is 3. The summed E-state index contributed by atoms with van der Waals surface area (Å²) in [6.45, 7) is 0. The normalized spacial score (nSPS) is 15.1. The Balaban J connectivity index is 1.82. The predicted octanol–water partition coefficient (Wildman–Crippen LogP) is 4.21. The van der Waals surface area contributed by atoms with Crippen LogP contribution < -0.4 is 14.2 Å². The second-order valence-electron chi connectivity index (χ2n) is 5.88. The molecule has 0 aliphatic carbocycles. The molecule has 0 saturated carbocycles. The Bertz CT molecular complexity index is 965. The molecule has 3 nitrogen and oxygen atoms in total. The van der Waals surface area contributed by atoms with Crippen LogP contribution in [0.5, 0.6) is 5.75 Å². The molecule has 0 unspecified atom stereocenters. The molecule has 1 aliphatic rings. The number of thioether (sulfide) groups is 1. The van der Waals surface area contributed by atoms with E-state index in [2.05, 4.69) is 78.3 Å². The summed E-state index contributed by atoms with van der Waals surface area (Å²) in [5, 5.41) is 2.46. The highest BCUT2D eigenvalue weighted by atomic mass is 32.2. The van der Waals surface area contributed by atoms with Crippen molar-refractivity contribution >= 4 is 34.4 Å². The van der Waals surface area contributed by atoms with Crippen LogP contribution in [-0.4, -0.2) is 14.2 Å². The first-order chi connectivity index (χ1) is 11.7. The standard InChI is InChI=1S/C20H19N2OS/c1-21-11-10-14(16-9-8-15(23-3)13-18(16)21)12-20-22(2)17-6-4-5-7-19(17)24-20/h4-13H,1-3H3/q+1. The van der Waals surface area contributed by atoms with Gasteiger partial charge in [0.15, 0.2) is 6.20 Å². The zero-order valence-electron chi connectivity index (χ0n) is 14.0. The van der Waals surface area contributed by atoms with E-state index in [4.69, 9.17) is 4.74 Å². The molecule has 0 radical (unpaired) electrons. The highest BCUT2D eigenvalue weighted by Crippen LogP contribution is 2.45. The van der Waals surface area contributed by atoms with Crippen molar-refractivity contribution in [3.8, 4) is 5.75 Å². The molecule has 120 valence electrons. The van der Waals surface area contributed by atoms with E-state index in [1.165, 1.54) is 26.6 Å². The van der Waals surface area contributed by atoms with E-state index < -0.39 is 0 Å². The van der Waals surface area contributed by atoms with Gasteiger partial charge in [0.05, 0.1) is 29.3 Å². The fourth-order valence-corrected chi connectivity index (χ4v) is 4.14. The van der Waals surface area contributed by atoms with Crippen molar-refractivity contribution in [2.24, 2.45) is 7.05 Å². The summed E-state index contributed by atoms with van der Waals surface area (Å²) >= 11 is 1.82. The van der Waals surface area contributed by atoms with Crippen LogP contribution in [0.3, 0.4) is 0 Å². The SMILES string of the molecule is COc1ccc2c(/C=C3\Sc4ccccc4N3C)cc[n+](C)c2c1. The Kier molecular flexibility index (Phi) is 3.69. The third kappa shape index (κ3) is 2.43. The number of rotatable bonds is 2. The van der Waals surface area contributed by atoms with Gasteiger partial charge in [-0.1, -0.05) is 23.9 Å². The Labute approximate surface area is 146 Å². The van der Waals surface area contributed by atoms with Gasteiger partial charge < -0.3 is 9.64 Å². The Hall–Kier alpha value is -2.46. The summed E-state index contributed by atoms with van der Waals surface area (Å²) in [4.78, 5) is 3.56. The molecule has 4 rings (SSSR count). The molecular formula is C20H19N2OS+. The first kappa shape index (κ1) is 15.1. The van der Waals surface area contributed by atoms with Gasteiger partial charge in [-0.2, -0.15) is 0 Å². The summed E-state index contributed by atoms with van der Waals surface area (Å²) in [5.74, 6) is 0.877. The van der Waals surface area contributed by atoms with Crippen molar-refractivity contribution in [1.29, 1.82) is 0 Å². The van der Waals surface area contributed by atoms with Crippen LogP contribution in [-0.2, 0) is 7.05 Å². The molecule has 0 N–H and O–H groups in total. The molecule has 0 atom stereocenters. The molecule has 0 fully saturated rings. The van der Waals surface area contributed by atoms with Crippen LogP contribution in [0.25, 0.3) is 17.0 Å². The van der Waals surface area contributed by atoms with Gasteiger partial charge in [0.25, 0.3) is 0 Å². The summed E-state index contributed by atoms with van der Waals surface area (Å²) in [6, 6.07) is 16.9. The largest absolute Gasteiger partial charge is 0.497 e. The maximum absolute atomic E-state index is 5.37. The number of ether oxygens (including phenoxy) is 1. The zero-order valence-corrected chi connectivity index (χ0v) is 14.8. The minimum Gasteiger partial charge on any atom is -0.497 e. The van der Waals surface area contributed by atoms with E-state index >= 15 is 0 Å². The van der Waals surface area contributed by atoms with Gasteiger partial charge in [-0.25, -0.2) is 4.57 Å². The number of aromatic nitrogens is 1. The lowest BCUT2D eigenvalue weighted by atomic mass is 10.1. The second-order valence-corrected chi connectivity index (χ2v) is 6.94. The monoisotopic (exact) mass is 335 g/mol. The summed E-state index contributed by atoms with van der Waals surface area (Å²) in [7, 11) is 5.89. The van der Waals surface area contributed by atoms with Crippen molar-refractivity contribution in [3.63, 3.8) is 0 Å². The number of anilines is 1. The quantitative estimate of drug-likeness (QED) is 0.653. The smallest absolute Gasteiger partial charge is 0.216 e. The van der Waals surface area contributed by atoms with Crippen molar-refractivity contribution in [3.05, 3.63) is 65.3 Å². The summed E-state index contributed by atoms with van der Waals surface area (Å²) in [6.07, 6.45) is 4.36. The second kappa shape index (κ2) is 5.87. The lowest BCUT2D eigenvalue weighted by Gasteiger charge is -2.13. The number of nitrogens with zero attached hydrogens (tertiary/aromatic N) is 2. The molecule has 0 saturated heterocycles. The molecule has 0 spiro atoms. The number of hydrogen-bond donors (Lipinski definition) is 0. The average Bonchev–Trinajstić information content (AvgIpc) is 2.93. The minimum atomic E-state index is 0.877. The van der Waals surface area contributed by atoms with Crippen LogP contribution in [0.15, 0.2) is 64.7 Å². The number of methoxy groups -OCH3 is 1. The van der Waals surface area contributed by atoms with Gasteiger partial charge in [0, 0.05) is 18.0 Å².